The van der Waals surface area contributed by atoms with Crippen LogP contribution in [0.2, 0.25) is 0 Å². The molecular formula is C15H18FN3O4S. The fourth-order valence-corrected chi connectivity index (χ4v) is 4.13. The van der Waals surface area contributed by atoms with Gasteiger partial charge in [-0.25, -0.2) is 13.4 Å². The number of amides is 1. The minimum absolute atomic E-state index is 0.139. The van der Waals surface area contributed by atoms with E-state index in [1.165, 1.54) is 12.1 Å². The van der Waals surface area contributed by atoms with Crippen molar-refractivity contribution in [2.75, 3.05) is 17.4 Å². The van der Waals surface area contributed by atoms with Crippen molar-refractivity contribution in [1.82, 2.24) is 10.0 Å². The molecule has 3 N–H and O–H groups in total. The summed E-state index contributed by atoms with van der Waals surface area (Å²) in [5.41, 5.74) is 0.400. The highest BCUT2D eigenvalue weighted by Crippen LogP contribution is 2.37. The topological polar surface area (TPSA) is 98.7 Å². The van der Waals surface area contributed by atoms with Gasteiger partial charge < -0.3 is 10.4 Å². The smallest absolute Gasteiger partial charge is 0.326 e. The molecule has 0 bridgehead atoms. The number of carbonyl (C=O) groups is 1. The van der Waals surface area contributed by atoms with E-state index < -0.39 is 39.9 Å². The van der Waals surface area contributed by atoms with E-state index in [2.05, 4.69) is 12.2 Å². The summed E-state index contributed by atoms with van der Waals surface area (Å²) in [6.07, 6.45) is 3.80. The van der Waals surface area contributed by atoms with E-state index >= 15 is 0 Å². The number of nitrogens with zero attached hydrogens (tertiary/aromatic N) is 1. The molecule has 0 unspecified atom stereocenters. The molecule has 2 aliphatic rings. The van der Waals surface area contributed by atoms with Gasteiger partial charge in [-0.15, -0.1) is 0 Å². The van der Waals surface area contributed by atoms with Crippen LogP contribution in [0.1, 0.15) is 25.3 Å². The standard InChI is InChI=1S/C15H18FN3O4S/c1-2-3-10-6-9(7-17-10)11-4-5-12(20)15(14(11)16)19-8-13(21)18-24(19,22)23/h4-6,10,17,20H,2-3,7-8H2,1H3,(H,18,21)/t10-/m1/s1. The highest BCUT2D eigenvalue weighted by molar-refractivity contribution is 7.92. The number of carbonyl (C=O) groups excluding carboxylic acids is 1. The molecule has 1 saturated heterocycles. The highest BCUT2D eigenvalue weighted by Gasteiger charge is 2.38. The first kappa shape index (κ1) is 16.7. The number of phenols is 1. The zero-order valence-corrected chi connectivity index (χ0v) is 13.9. The molecule has 1 amide bonds. The van der Waals surface area contributed by atoms with Crippen LogP contribution in [0.5, 0.6) is 5.75 Å². The maximum Gasteiger partial charge on any atom is 0.326 e. The number of aromatic hydroxyl groups is 1. The molecule has 1 atom stereocenters. The van der Waals surface area contributed by atoms with Gasteiger partial charge in [-0.3, -0.25) is 4.79 Å². The third-order valence-electron chi connectivity index (χ3n) is 4.07. The normalized spacial score (nSPS) is 22.6. The van der Waals surface area contributed by atoms with Crippen molar-refractivity contribution in [3.05, 3.63) is 29.6 Å². The summed E-state index contributed by atoms with van der Waals surface area (Å²) in [7, 11) is -4.20. The fraction of sp³-hybridized carbons (Fsp3) is 0.400. The van der Waals surface area contributed by atoms with Crippen molar-refractivity contribution in [3.8, 4) is 5.75 Å². The number of benzene rings is 1. The van der Waals surface area contributed by atoms with Crippen LogP contribution in [0.25, 0.3) is 5.57 Å². The predicted octanol–water partition coefficient (Wildman–Crippen LogP) is 0.868. The minimum atomic E-state index is -4.20. The Balaban J connectivity index is 2.04. The summed E-state index contributed by atoms with van der Waals surface area (Å²) >= 11 is 0. The van der Waals surface area contributed by atoms with Crippen LogP contribution in [0.15, 0.2) is 18.2 Å². The van der Waals surface area contributed by atoms with Crippen LogP contribution in [0.3, 0.4) is 0 Å². The summed E-state index contributed by atoms with van der Waals surface area (Å²) < 4.78 is 41.1. The van der Waals surface area contributed by atoms with Gasteiger partial charge in [-0.2, -0.15) is 8.42 Å². The van der Waals surface area contributed by atoms with Gasteiger partial charge in [0, 0.05) is 18.2 Å². The van der Waals surface area contributed by atoms with Gasteiger partial charge >= 0.3 is 10.2 Å². The lowest BCUT2D eigenvalue weighted by atomic mass is 10.0. The molecule has 3 rings (SSSR count). The van der Waals surface area contributed by atoms with Gasteiger partial charge in [0.25, 0.3) is 5.91 Å². The van der Waals surface area contributed by atoms with Gasteiger partial charge in [0.15, 0.2) is 5.82 Å². The Labute approximate surface area is 139 Å². The Morgan fingerprint density at radius 1 is 1.42 bits per heavy atom. The Morgan fingerprint density at radius 2 is 2.17 bits per heavy atom. The van der Waals surface area contributed by atoms with Crippen molar-refractivity contribution < 1.29 is 22.7 Å². The second kappa shape index (κ2) is 6.06. The molecule has 0 radical (unpaired) electrons. The number of halogens is 1. The van der Waals surface area contributed by atoms with Crippen molar-refractivity contribution in [3.63, 3.8) is 0 Å². The summed E-state index contributed by atoms with van der Waals surface area (Å²) in [4.78, 5) is 11.4. The van der Waals surface area contributed by atoms with Crippen molar-refractivity contribution in [1.29, 1.82) is 0 Å². The van der Waals surface area contributed by atoms with E-state index in [4.69, 9.17) is 0 Å². The summed E-state index contributed by atoms with van der Waals surface area (Å²) in [6, 6.07) is 2.79. The quantitative estimate of drug-likeness (QED) is 0.744. The van der Waals surface area contributed by atoms with Crippen molar-refractivity contribution in [2.45, 2.75) is 25.8 Å². The van der Waals surface area contributed by atoms with Gasteiger partial charge in [0.2, 0.25) is 0 Å². The van der Waals surface area contributed by atoms with E-state index in [1.54, 1.807) is 4.72 Å². The average Bonchev–Trinajstić information content (AvgIpc) is 3.04. The lowest BCUT2D eigenvalue weighted by Crippen LogP contribution is -2.30. The Morgan fingerprint density at radius 3 is 2.79 bits per heavy atom. The van der Waals surface area contributed by atoms with Gasteiger partial charge in [0.1, 0.15) is 18.0 Å². The first-order valence-corrected chi connectivity index (χ1v) is 9.06. The Kier molecular flexibility index (Phi) is 4.22. The van der Waals surface area contributed by atoms with E-state index in [9.17, 15) is 22.7 Å². The van der Waals surface area contributed by atoms with E-state index in [1.807, 2.05) is 6.08 Å². The Bertz CT molecular complexity index is 822. The van der Waals surface area contributed by atoms with Crippen LogP contribution in [0, 0.1) is 5.82 Å². The van der Waals surface area contributed by atoms with Crippen molar-refractivity contribution in [2.24, 2.45) is 0 Å². The van der Waals surface area contributed by atoms with E-state index in [-0.39, 0.29) is 11.6 Å². The van der Waals surface area contributed by atoms with Crippen LogP contribution in [-0.2, 0) is 15.0 Å². The summed E-state index contributed by atoms with van der Waals surface area (Å²) in [5, 5.41) is 13.2. The molecule has 1 aromatic rings. The number of nitrogens with one attached hydrogen (secondary N) is 2. The monoisotopic (exact) mass is 355 g/mol. The first-order chi connectivity index (χ1) is 11.3. The van der Waals surface area contributed by atoms with Crippen LogP contribution >= 0.6 is 0 Å². The van der Waals surface area contributed by atoms with Crippen LogP contribution < -0.4 is 14.3 Å². The lowest BCUT2D eigenvalue weighted by molar-refractivity contribution is -0.117. The fourth-order valence-electron chi connectivity index (χ4n) is 2.97. The van der Waals surface area contributed by atoms with Crippen LogP contribution in [-0.4, -0.2) is 38.6 Å². The molecule has 1 aromatic carbocycles. The lowest BCUT2D eigenvalue weighted by Gasteiger charge is -2.18. The number of hydrogen-bond donors (Lipinski definition) is 3. The highest BCUT2D eigenvalue weighted by atomic mass is 32.2. The maximum atomic E-state index is 14.9. The number of phenolic OH excluding ortho intramolecular Hbond substituents is 1. The zero-order chi connectivity index (χ0) is 17.5. The summed E-state index contributed by atoms with van der Waals surface area (Å²) in [5.74, 6) is -2.17. The molecule has 2 aliphatic heterocycles. The number of rotatable bonds is 4. The van der Waals surface area contributed by atoms with E-state index in [0.717, 1.165) is 12.8 Å². The van der Waals surface area contributed by atoms with Gasteiger partial charge in [0.05, 0.1) is 0 Å². The second-order valence-corrected chi connectivity index (χ2v) is 7.39. The first-order valence-electron chi connectivity index (χ1n) is 7.62. The van der Waals surface area contributed by atoms with E-state index in [0.29, 0.717) is 16.4 Å². The molecule has 0 spiro atoms. The third kappa shape index (κ3) is 2.84. The Hall–Kier alpha value is -2.13. The number of hydrogen-bond acceptors (Lipinski definition) is 5. The number of anilines is 1. The molecule has 7 nitrogen and oxygen atoms in total. The molecule has 0 aromatic heterocycles. The molecule has 2 heterocycles. The molecule has 0 saturated carbocycles. The molecule has 24 heavy (non-hydrogen) atoms. The summed E-state index contributed by atoms with van der Waals surface area (Å²) in [6.45, 7) is 1.94. The minimum Gasteiger partial charge on any atom is -0.506 e. The SMILES string of the molecule is CCC[C@@H]1C=C(c2ccc(O)c(N3CC(=O)NS3(=O)=O)c2F)CN1. The predicted molar refractivity (Wildman–Crippen MR) is 87.1 cm³/mol. The maximum absolute atomic E-state index is 14.9. The van der Waals surface area contributed by atoms with Gasteiger partial charge in [-0.05, 0) is 24.1 Å². The molecule has 1 fully saturated rings. The molecule has 0 aliphatic carbocycles. The molecule has 130 valence electrons. The third-order valence-corrected chi connectivity index (χ3v) is 5.44. The second-order valence-electron chi connectivity index (χ2n) is 5.80. The zero-order valence-electron chi connectivity index (χ0n) is 13.0. The largest absolute Gasteiger partial charge is 0.506 e. The average molecular weight is 355 g/mol. The van der Waals surface area contributed by atoms with Crippen molar-refractivity contribution >= 4 is 27.4 Å². The van der Waals surface area contributed by atoms with Gasteiger partial charge in [-0.1, -0.05) is 19.4 Å². The molecular weight excluding hydrogens is 337 g/mol. The molecule has 9 heteroatoms. The van der Waals surface area contributed by atoms with Crippen LogP contribution in [0.4, 0.5) is 10.1 Å².